The highest BCUT2D eigenvalue weighted by molar-refractivity contribution is 5.84. The summed E-state index contributed by atoms with van der Waals surface area (Å²) in [7, 11) is 3.54. The first-order valence-corrected chi connectivity index (χ1v) is 5.38. The molecular formula is C10H16F4N2O. The molecule has 17 heavy (non-hydrogen) atoms. The van der Waals surface area contributed by atoms with E-state index in [0.29, 0.717) is 6.42 Å². The van der Waals surface area contributed by atoms with Crippen molar-refractivity contribution >= 4 is 5.91 Å². The van der Waals surface area contributed by atoms with E-state index in [2.05, 4.69) is 0 Å². The van der Waals surface area contributed by atoms with Crippen LogP contribution >= 0.6 is 0 Å². The van der Waals surface area contributed by atoms with Gasteiger partial charge in [0, 0.05) is 19.1 Å². The van der Waals surface area contributed by atoms with Gasteiger partial charge in [0.25, 0.3) is 5.91 Å². The quantitative estimate of drug-likeness (QED) is 0.713. The zero-order valence-corrected chi connectivity index (χ0v) is 9.80. The maximum Gasteiger partial charge on any atom is 0.383 e. The van der Waals surface area contributed by atoms with Gasteiger partial charge < -0.3 is 9.80 Å². The summed E-state index contributed by atoms with van der Waals surface area (Å²) in [5.41, 5.74) is 0. The summed E-state index contributed by atoms with van der Waals surface area (Å²) in [6, 6.07) is -0.0545. The minimum Gasteiger partial charge on any atom is -0.336 e. The zero-order chi connectivity index (χ0) is 13.2. The second-order valence-corrected chi connectivity index (χ2v) is 4.43. The van der Waals surface area contributed by atoms with Crippen LogP contribution in [0.1, 0.15) is 12.8 Å². The van der Waals surface area contributed by atoms with Crippen LogP contribution < -0.4 is 0 Å². The zero-order valence-electron chi connectivity index (χ0n) is 9.80. The van der Waals surface area contributed by atoms with Crippen molar-refractivity contribution in [2.24, 2.45) is 0 Å². The maximum atomic E-state index is 12.9. The van der Waals surface area contributed by atoms with Crippen LogP contribution in [0, 0.1) is 0 Å². The van der Waals surface area contributed by atoms with E-state index in [-0.39, 0.29) is 19.1 Å². The van der Waals surface area contributed by atoms with E-state index in [1.165, 1.54) is 0 Å². The fourth-order valence-electron chi connectivity index (χ4n) is 1.86. The number of carbonyl (C=O) groups excluding carboxylic acids is 1. The Labute approximate surface area is 97.4 Å². The van der Waals surface area contributed by atoms with E-state index in [1.54, 1.807) is 19.0 Å². The van der Waals surface area contributed by atoms with Crippen LogP contribution in [0.15, 0.2) is 0 Å². The number of likely N-dealkylation sites (tertiary alicyclic amines) is 1. The van der Waals surface area contributed by atoms with Gasteiger partial charge in [0.05, 0.1) is 0 Å². The molecule has 1 heterocycles. The van der Waals surface area contributed by atoms with Crippen LogP contribution in [-0.4, -0.2) is 61.3 Å². The first-order chi connectivity index (χ1) is 7.76. The number of amides is 1. The van der Waals surface area contributed by atoms with Gasteiger partial charge in [-0.2, -0.15) is 8.78 Å². The Bertz CT molecular complexity index is 283. The number of rotatable bonds is 3. The molecule has 0 N–H and O–H groups in total. The highest BCUT2D eigenvalue weighted by Gasteiger charge is 2.51. The summed E-state index contributed by atoms with van der Waals surface area (Å²) in [5, 5.41) is 0. The molecular weight excluding hydrogens is 240 g/mol. The van der Waals surface area contributed by atoms with Crippen molar-refractivity contribution in [3.63, 3.8) is 0 Å². The van der Waals surface area contributed by atoms with Gasteiger partial charge in [0.1, 0.15) is 0 Å². The lowest BCUT2D eigenvalue weighted by Gasteiger charge is -2.37. The smallest absolute Gasteiger partial charge is 0.336 e. The lowest BCUT2D eigenvalue weighted by atomic mass is 10.0. The second kappa shape index (κ2) is 5.20. The molecule has 0 aromatic rings. The molecule has 0 spiro atoms. The molecule has 100 valence electrons. The average Bonchev–Trinajstić information content (AvgIpc) is 2.27. The van der Waals surface area contributed by atoms with Crippen LogP contribution in [0.3, 0.4) is 0 Å². The topological polar surface area (TPSA) is 23.6 Å². The van der Waals surface area contributed by atoms with Crippen LogP contribution in [0.4, 0.5) is 17.6 Å². The number of hydrogen-bond donors (Lipinski definition) is 0. The third kappa shape index (κ3) is 3.08. The Hall–Kier alpha value is -0.850. The number of hydrogen-bond acceptors (Lipinski definition) is 2. The van der Waals surface area contributed by atoms with E-state index in [4.69, 9.17) is 0 Å². The number of piperidine rings is 1. The molecule has 1 unspecified atom stereocenters. The minimum absolute atomic E-state index is 0.0545. The molecule has 0 bridgehead atoms. The number of alkyl halides is 4. The van der Waals surface area contributed by atoms with Crippen LogP contribution in [0.2, 0.25) is 0 Å². The predicted octanol–water partition coefficient (Wildman–Crippen LogP) is 1.44. The third-order valence-electron chi connectivity index (χ3n) is 2.97. The van der Waals surface area contributed by atoms with Gasteiger partial charge in [-0.1, -0.05) is 0 Å². The van der Waals surface area contributed by atoms with E-state index < -0.39 is 18.3 Å². The van der Waals surface area contributed by atoms with Crippen molar-refractivity contribution in [3.8, 4) is 0 Å². The predicted molar refractivity (Wildman–Crippen MR) is 54.2 cm³/mol. The Balaban J connectivity index is 2.70. The van der Waals surface area contributed by atoms with Crippen molar-refractivity contribution in [3.05, 3.63) is 0 Å². The van der Waals surface area contributed by atoms with Gasteiger partial charge >= 0.3 is 12.3 Å². The lowest BCUT2D eigenvalue weighted by Crippen LogP contribution is -2.54. The first kappa shape index (κ1) is 14.2. The minimum atomic E-state index is -4.58. The molecule has 0 saturated carbocycles. The summed E-state index contributed by atoms with van der Waals surface area (Å²) < 4.78 is 49.9. The Morgan fingerprint density at radius 3 is 2.47 bits per heavy atom. The fourth-order valence-corrected chi connectivity index (χ4v) is 1.86. The van der Waals surface area contributed by atoms with Crippen molar-refractivity contribution in [1.82, 2.24) is 9.80 Å². The summed E-state index contributed by atoms with van der Waals surface area (Å²) in [5.74, 6) is -6.34. The summed E-state index contributed by atoms with van der Waals surface area (Å²) >= 11 is 0. The molecule has 7 heteroatoms. The lowest BCUT2D eigenvalue weighted by molar-refractivity contribution is -0.182. The van der Waals surface area contributed by atoms with Crippen molar-refractivity contribution < 1.29 is 22.4 Å². The van der Waals surface area contributed by atoms with Gasteiger partial charge in [-0.25, -0.2) is 8.78 Å². The molecule has 1 atom stereocenters. The highest BCUT2D eigenvalue weighted by atomic mass is 19.3. The SMILES string of the molecule is CN(C)C1CCCN(C(=O)C(F)(F)C(F)F)C1. The van der Waals surface area contributed by atoms with E-state index >= 15 is 0 Å². The monoisotopic (exact) mass is 256 g/mol. The van der Waals surface area contributed by atoms with Gasteiger partial charge in [0.2, 0.25) is 0 Å². The summed E-state index contributed by atoms with van der Waals surface area (Å²) in [6.07, 6.45) is -2.62. The molecule has 3 nitrogen and oxygen atoms in total. The molecule has 1 amide bonds. The van der Waals surface area contributed by atoms with Crippen molar-refractivity contribution in [2.45, 2.75) is 31.2 Å². The van der Waals surface area contributed by atoms with Crippen LogP contribution in [0.5, 0.6) is 0 Å². The first-order valence-electron chi connectivity index (χ1n) is 5.38. The third-order valence-corrected chi connectivity index (χ3v) is 2.97. The molecule has 1 rings (SSSR count). The molecule has 1 aliphatic rings. The molecule has 0 aliphatic carbocycles. The number of carbonyl (C=O) groups is 1. The van der Waals surface area contributed by atoms with Crippen molar-refractivity contribution in [1.29, 1.82) is 0 Å². The molecule has 0 aromatic heterocycles. The molecule has 0 aromatic carbocycles. The Kier molecular flexibility index (Phi) is 4.35. The van der Waals surface area contributed by atoms with Gasteiger partial charge in [-0.3, -0.25) is 4.79 Å². The second-order valence-electron chi connectivity index (χ2n) is 4.43. The number of halogens is 4. The summed E-state index contributed by atoms with van der Waals surface area (Å²) in [6.45, 7) is 0.194. The normalized spacial score (nSPS) is 22.4. The van der Waals surface area contributed by atoms with E-state index in [0.717, 1.165) is 11.3 Å². The van der Waals surface area contributed by atoms with Crippen molar-refractivity contribution in [2.75, 3.05) is 27.2 Å². The molecule has 1 fully saturated rings. The molecule has 1 aliphatic heterocycles. The van der Waals surface area contributed by atoms with Crippen LogP contribution in [0.25, 0.3) is 0 Å². The fraction of sp³-hybridized carbons (Fsp3) is 0.900. The van der Waals surface area contributed by atoms with E-state index in [1.807, 2.05) is 0 Å². The van der Waals surface area contributed by atoms with Gasteiger partial charge in [-0.05, 0) is 26.9 Å². The van der Waals surface area contributed by atoms with E-state index in [9.17, 15) is 22.4 Å². The largest absolute Gasteiger partial charge is 0.383 e. The highest BCUT2D eigenvalue weighted by Crippen LogP contribution is 2.27. The summed E-state index contributed by atoms with van der Waals surface area (Å²) in [4.78, 5) is 13.9. The number of likely N-dealkylation sites (N-methyl/N-ethyl adjacent to an activating group) is 1. The number of nitrogens with zero attached hydrogens (tertiary/aromatic N) is 2. The molecule has 0 radical (unpaired) electrons. The Morgan fingerprint density at radius 1 is 1.41 bits per heavy atom. The van der Waals surface area contributed by atoms with Gasteiger partial charge in [0.15, 0.2) is 0 Å². The van der Waals surface area contributed by atoms with Crippen LogP contribution in [-0.2, 0) is 4.79 Å². The average molecular weight is 256 g/mol. The Morgan fingerprint density at radius 2 is 2.00 bits per heavy atom. The molecule has 1 saturated heterocycles. The maximum absolute atomic E-state index is 12.9. The standard InChI is InChI=1S/C10H16F4N2O/c1-15(2)7-4-3-5-16(6-7)9(17)10(13,14)8(11)12/h7-8H,3-6H2,1-2H3. The van der Waals surface area contributed by atoms with Gasteiger partial charge in [-0.15, -0.1) is 0 Å².